The van der Waals surface area contributed by atoms with E-state index in [1.807, 2.05) is 0 Å². The number of hydrogen-bond acceptors (Lipinski definition) is 8. The number of ether oxygens (including phenoxy) is 1. The summed E-state index contributed by atoms with van der Waals surface area (Å²) in [6.07, 6.45) is 7.14. The highest BCUT2D eigenvalue weighted by molar-refractivity contribution is 7.96. The van der Waals surface area contributed by atoms with Gasteiger partial charge in [0.05, 0.1) is 15.4 Å². The number of nitrogens with zero attached hydrogens (tertiary/aromatic N) is 4. The summed E-state index contributed by atoms with van der Waals surface area (Å²) in [4.78, 5) is -0.0156. The Bertz CT molecular complexity index is 2360. The van der Waals surface area contributed by atoms with Gasteiger partial charge in [0.1, 0.15) is 40.8 Å². The molecule has 0 N–H and O–H groups in total. The highest BCUT2D eigenvalue weighted by Crippen LogP contribution is 2.49. The van der Waals surface area contributed by atoms with Crippen molar-refractivity contribution < 1.29 is 26.1 Å². The number of rotatable bonds is 4. The Hall–Kier alpha value is -4.27. The van der Waals surface area contributed by atoms with Gasteiger partial charge in [-0.1, -0.05) is 6.07 Å². The lowest BCUT2D eigenvalue weighted by atomic mass is 9.82. The summed E-state index contributed by atoms with van der Waals surface area (Å²) >= 11 is 0. The van der Waals surface area contributed by atoms with E-state index in [2.05, 4.69) is 21.6 Å². The van der Waals surface area contributed by atoms with E-state index in [0.29, 0.717) is 27.9 Å². The van der Waals surface area contributed by atoms with Crippen LogP contribution in [0.5, 0.6) is 11.5 Å². The first-order valence-electron chi connectivity index (χ1n) is 15.6. The maximum Gasteiger partial charge on any atom is 0.222 e. The Morgan fingerprint density at radius 1 is 0.891 bits per heavy atom. The van der Waals surface area contributed by atoms with Gasteiger partial charge in [0.2, 0.25) is 15.2 Å². The molecule has 0 saturated carbocycles. The lowest BCUT2D eigenvalue weighted by Gasteiger charge is -2.39. The fourth-order valence-electron chi connectivity index (χ4n) is 8.15. The molecule has 12 heteroatoms. The largest absolute Gasteiger partial charge is 0.762 e. The van der Waals surface area contributed by atoms with E-state index in [1.165, 1.54) is 35.1 Å². The molecule has 5 heterocycles. The topological polar surface area (TPSA) is 153 Å². The predicted molar refractivity (Wildman–Crippen MR) is 169 cm³/mol. The summed E-state index contributed by atoms with van der Waals surface area (Å²) in [6.45, 7) is 3.83. The van der Waals surface area contributed by atoms with E-state index >= 15 is 0 Å². The van der Waals surface area contributed by atoms with Crippen molar-refractivity contribution >= 4 is 37.1 Å². The van der Waals surface area contributed by atoms with Gasteiger partial charge in [0, 0.05) is 64.7 Å². The molecule has 46 heavy (non-hydrogen) atoms. The monoisotopic (exact) mass is 653 g/mol. The van der Waals surface area contributed by atoms with Crippen LogP contribution < -0.4 is 24.8 Å². The Morgan fingerprint density at radius 2 is 1.61 bits per heavy atom. The van der Waals surface area contributed by atoms with Crippen molar-refractivity contribution in [1.82, 2.24) is 4.58 Å². The summed E-state index contributed by atoms with van der Waals surface area (Å²) in [6, 6.07) is 8.77. The zero-order chi connectivity index (χ0) is 32.0. The maximum absolute atomic E-state index is 13.1. The second-order valence-corrected chi connectivity index (χ2v) is 15.7. The molecule has 0 saturated heterocycles. The van der Waals surface area contributed by atoms with Crippen molar-refractivity contribution in [2.45, 2.75) is 61.2 Å². The minimum atomic E-state index is -5.24. The van der Waals surface area contributed by atoms with Crippen LogP contribution in [0, 0.1) is 11.3 Å². The van der Waals surface area contributed by atoms with Crippen LogP contribution in [0.3, 0.4) is 0 Å². The number of allylic oxidation sites excluding steroid dienone is 1. The van der Waals surface area contributed by atoms with Gasteiger partial charge >= 0.3 is 0 Å². The van der Waals surface area contributed by atoms with Crippen molar-refractivity contribution in [1.29, 1.82) is 5.26 Å². The van der Waals surface area contributed by atoms with Crippen LogP contribution in [0.1, 0.15) is 59.1 Å². The van der Waals surface area contributed by atoms with Gasteiger partial charge in [0.15, 0.2) is 4.91 Å². The first-order valence-corrected chi connectivity index (χ1v) is 18.5. The molecule has 234 valence electrons. The molecule has 5 aliphatic rings. The smallest absolute Gasteiger partial charge is 0.222 e. The van der Waals surface area contributed by atoms with E-state index in [1.54, 1.807) is 0 Å². The van der Waals surface area contributed by atoms with Crippen LogP contribution in [0.4, 0.5) is 5.69 Å². The Kier molecular flexibility index (Phi) is 6.57. The normalized spacial score (nSPS) is 17.9. The van der Waals surface area contributed by atoms with Gasteiger partial charge in [0.25, 0.3) is 0 Å². The van der Waals surface area contributed by atoms with Crippen LogP contribution in [0.25, 0.3) is 11.0 Å². The lowest BCUT2D eigenvalue weighted by Crippen LogP contribution is -2.45. The van der Waals surface area contributed by atoms with Crippen molar-refractivity contribution in [3.8, 4) is 17.6 Å². The molecule has 0 spiro atoms. The summed E-state index contributed by atoms with van der Waals surface area (Å²) in [5.74, 6) is 2.68. The number of benzene rings is 3. The molecule has 0 fully saturated rings. The van der Waals surface area contributed by atoms with E-state index in [0.717, 1.165) is 106 Å². The second-order valence-electron chi connectivity index (χ2n) is 12.5. The highest BCUT2D eigenvalue weighted by Gasteiger charge is 2.36. The number of sulfone groups is 1. The van der Waals surface area contributed by atoms with Gasteiger partial charge in [-0.15, -0.1) is 0 Å². The van der Waals surface area contributed by atoms with Crippen molar-refractivity contribution in [2.75, 3.05) is 31.1 Å². The molecule has 0 unspecified atom stereocenters. The molecule has 5 aliphatic heterocycles. The summed E-state index contributed by atoms with van der Waals surface area (Å²) in [5, 5.41) is 20.4. The predicted octanol–water partition coefficient (Wildman–Crippen LogP) is 2.45. The molecule has 0 radical (unpaired) electrons. The molecular formula is C34H29N4O6S2-. The van der Waals surface area contributed by atoms with E-state index in [4.69, 9.17) is 4.74 Å². The average Bonchev–Trinajstić information content (AvgIpc) is 3.04. The second kappa shape index (κ2) is 10.4. The van der Waals surface area contributed by atoms with E-state index < -0.39 is 34.7 Å². The number of aryl methyl sites for hydroxylation is 2. The van der Waals surface area contributed by atoms with Gasteiger partial charge in [-0.25, -0.2) is 27.3 Å². The van der Waals surface area contributed by atoms with Crippen molar-refractivity contribution in [3.05, 3.63) is 84.6 Å². The third-order valence-electron chi connectivity index (χ3n) is 9.96. The zero-order valence-corrected chi connectivity index (χ0v) is 26.6. The van der Waals surface area contributed by atoms with Crippen LogP contribution in [-0.2, 0) is 45.6 Å². The first-order chi connectivity index (χ1) is 22.1. The Labute approximate surface area is 266 Å². The van der Waals surface area contributed by atoms with E-state index in [9.17, 15) is 32.1 Å². The van der Waals surface area contributed by atoms with Crippen LogP contribution >= 0.6 is 0 Å². The van der Waals surface area contributed by atoms with Crippen LogP contribution in [0.15, 0.2) is 45.0 Å². The Morgan fingerprint density at radius 3 is 2.35 bits per heavy atom. The van der Waals surface area contributed by atoms with E-state index in [-0.39, 0.29) is 5.56 Å². The van der Waals surface area contributed by atoms with Gasteiger partial charge in [-0.05, 0) is 68.4 Å². The molecular weight excluding hydrogens is 625 g/mol. The van der Waals surface area contributed by atoms with Crippen molar-refractivity contribution in [3.63, 3.8) is 0 Å². The third kappa shape index (κ3) is 4.23. The minimum absolute atomic E-state index is 0.0708. The zero-order valence-electron chi connectivity index (χ0n) is 24.9. The summed E-state index contributed by atoms with van der Waals surface area (Å²) < 4.78 is 74.5. The molecule has 0 bridgehead atoms. The number of hydrogen-bond donors (Lipinski definition) is 0. The average molecular weight is 654 g/mol. The summed E-state index contributed by atoms with van der Waals surface area (Å²) in [5.41, 5.74) is 6.89. The van der Waals surface area contributed by atoms with Crippen molar-refractivity contribution in [2.24, 2.45) is 0 Å². The molecule has 8 rings (SSSR count). The molecule has 3 aromatic rings. The molecule has 0 amide bonds. The highest BCUT2D eigenvalue weighted by atomic mass is 32.2. The fraction of sp³-hybridized carbons (Fsp3) is 0.353. The minimum Gasteiger partial charge on any atom is -0.762 e. The first kappa shape index (κ1) is 29.2. The standard InChI is InChI=1S/C34H30N4O6S2/c35-18-23(19-36)45(39,40)22-9-10-24(29(17-22)46(41,42)43)30-27-15-20-5-1-11-37-13-3-7-25(31(20)37)33(27)44-34-26-8-4-14-38-12-2-6-21(32(26)38)16-28(30)34/h9-10,15-17H,1-8,11-14H2,(H,41,42,43)/p-1. The molecule has 10 nitrogen and oxygen atoms in total. The van der Waals surface area contributed by atoms with Crippen LogP contribution in [0.2, 0.25) is 0 Å². The lowest BCUT2D eigenvalue weighted by molar-refractivity contribution is 0.431. The SMILES string of the molecule is N#CC(=C=[N-])S(=O)(=O)c1ccc(C2=c3cc4c5c(c3Oc3c2cc2c6c3CCCN6CCC2)CCC[N+]=5CCC4)c(S(=O)(=O)[O-])c1. The van der Waals surface area contributed by atoms with Gasteiger partial charge in [-0.2, -0.15) is 5.26 Å². The quantitative estimate of drug-likeness (QED) is 0.141. The van der Waals surface area contributed by atoms with Gasteiger partial charge in [-0.3, -0.25) is 0 Å². The maximum atomic E-state index is 13.1. The Balaban J connectivity index is 1.52. The molecule has 0 aromatic heterocycles. The van der Waals surface area contributed by atoms with Gasteiger partial charge < -0.3 is 19.6 Å². The molecule has 0 atom stereocenters. The fourth-order valence-corrected chi connectivity index (χ4v) is 9.93. The number of fused-ring (bicyclic) bond motifs is 4. The van der Waals surface area contributed by atoms with Crippen LogP contribution in [-0.4, -0.2) is 53.4 Å². The third-order valence-corrected chi connectivity index (χ3v) is 12.4. The number of nitriles is 1. The summed E-state index contributed by atoms with van der Waals surface area (Å²) in [7, 11) is -9.89. The number of anilines is 1. The molecule has 3 aromatic carbocycles. The molecule has 0 aliphatic carbocycles.